The molecule has 0 saturated heterocycles. The Hall–Kier alpha value is -3.40. The van der Waals surface area contributed by atoms with Gasteiger partial charge in [-0.3, -0.25) is 4.79 Å². The third kappa shape index (κ3) is 2.97. The number of H-pyrrole nitrogens is 1. The van der Waals surface area contributed by atoms with Crippen molar-refractivity contribution in [1.82, 2.24) is 9.97 Å². The first kappa shape index (κ1) is 16.1. The molecule has 4 heteroatoms. The van der Waals surface area contributed by atoms with Crippen LogP contribution in [0.1, 0.15) is 21.5 Å². The van der Waals surface area contributed by atoms with Gasteiger partial charge in [0, 0.05) is 17.3 Å². The van der Waals surface area contributed by atoms with E-state index in [9.17, 15) is 4.79 Å². The van der Waals surface area contributed by atoms with E-state index in [0.717, 1.165) is 33.5 Å². The second kappa shape index (κ2) is 6.48. The van der Waals surface area contributed by atoms with Crippen molar-refractivity contribution in [1.29, 1.82) is 0 Å². The Kier molecular flexibility index (Phi) is 4.01. The van der Waals surface area contributed by atoms with Crippen LogP contribution in [0.25, 0.3) is 22.3 Å². The Labute approximate surface area is 151 Å². The first-order valence-electron chi connectivity index (χ1n) is 8.54. The number of para-hydroxylation sites is 1. The van der Waals surface area contributed by atoms with Crippen LogP contribution in [0.5, 0.6) is 0 Å². The smallest absolute Gasteiger partial charge is 0.256 e. The molecule has 0 unspecified atom stereocenters. The van der Waals surface area contributed by atoms with Gasteiger partial charge in [-0.05, 0) is 49.7 Å². The van der Waals surface area contributed by atoms with Crippen LogP contribution in [0.15, 0.2) is 66.9 Å². The topological polar surface area (TPSA) is 57.8 Å². The number of hydrogen-bond acceptors (Lipinski definition) is 2. The van der Waals surface area contributed by atoms with Gasteiger partial charge >= 0.3 is 0 Å². The number of anilines is 1. The fraction of sp³-hybridized carbons (Fsp3) is 0.0909. The van der Waals surface area contributed by atoms with Crippen LogP contribution >= 0.6 is 0 Å². The third-order valence-electron chi connectivity index (χ3n) is 4.46. The lowest BCUT2D eigenvalue weighted by Crippen LogP contribution is -2.14. The quantitative estimate of drug-likeness (QED) is 0.545. The summed E-state index contributed by atoms with van der Waals surface area (Å²) in [5, 5.41) is 3.88. The molecule has 0 aliphatic rings. The lowest BCUT2D eigenvalue weighted by Gasteiger charge is -2.12. The summed E-state index contributed by atoms with van der Waals surface area (Å²) in [6, 6.07) is 19.4. The SMILES string of the molecule is Cc1ccc(NC(=O)c2cc(-c3ccc[nH]3)nc3ccccc23)c(C)c1. The van der Waals surface area contributed by atoms with Crippen molar-refractivity contribution in [3.8, 4) is 11.4 Å². The summed E-state index contributed by atoms with van der Waals surface area (Å²) in [7, 11) is 0. The normalized spacial score (nSPS) is 10.8. The molecule has 4 nitrogen and oxygen atoms in total. The molecule has 1 amide bonds. The van der Waals surface area contributed by atoms with Gasteiger partial charge in [-0.25, -0.2) is 4.98 Å². The van der Waals surface area contributed by atoms with Crippen LogP contribution in [-0.4, -0.2) is 15.9 Å². The van der Waals surface area contributed by atoms with E-state index < -0.39 is 0 Å². The van der Waals surface area contributed by atoms with Crippen molar-refractivity contribution in [2.75, 3.05) is 5.32 Å². The number of hydrogen-bond donors (Lipinski definition) is 2. The zero-order valence-electron chi connectivity index (χ0n) is 14.7. The molecule has 2 heterocycles. The summed E-state index contributed by atoms with van der Waals surface area (Å²) in [6.45, 7) is 4.04. The molecule has 2 N–H and O–H groups in total. The minimum atomic E-state index is -0.136. The van der Waals surface area contributed by atoms with E-state index in [0.29, 0.717) is 5.56 Å². The minimum Gasteiger partial charge on any atom is -0.360 e. The number of rotatable bonds is 3. The van der Waals surface area contributed by atoms with Crippen molar-refractivity contribution >= 4 is 22.5 Å². The van der Waals surface area contributed by atoms with Gasteiger partial charge in [-0.1, -0.05) is 35.9 Å². The third-order valence-corrected chi connectivity index (χ3v) is 4.46. The molecule has 0 fully saturated rings. The number of carbonyl (C=O) groups is 1. The molecule has 128 valence electrons. The number of fused-ring (bicyclic) bond motifs is 1. The molecule has 26 heavy (non-hydrogen) atoms. The second-order valence-corrected chi connectivity index (χ2v) is 6.43. The summed E-state index contributed by atoms with van der Waals surface area (Å²) >= 11 is 0. The summed E-state index contributed by atoms with van der Waals surface area (Å²) in [5.74, 6) is -0.136. The van der Waals surface area contributed by atoms with Gasteiger partial charge in [0.1, 0.15) is 0 Å². The number of aryl methyl sites for hydroxylation is 2. The first-order chi connectivity index (χ1) is 12.6. The number of carbonyl (C=O) groups excluding carboxylic acids is 1. The van der Waals surface area contributed by atoms with Crippen LogP contribution in [0.4, 0.5) is 5.69 Å². The number of amides is 1. The average Bonchev–Trinajstić information content (AvgIpc) is 3.18. The fourth-order valence-corrected chi connectivity index (χ4v) is 3.13. The van der Waals surface area contributed by atoms with Crippen molar-refractivity contribution < 1.29 is 4.79 Å². The van der Waals surface area contributed by atoms with E-state index in [-0.39, 0.29) is 5.91 Å². The van der Waals surface area contributed by atoms with E-state index in [2.05, 4.69) is 21.4 Å². The van der Waals surface area contributed by atoms with Crippen molar-refractivity contribution in [3.63, 3.8) is 0 Å². The number of nitrogens with one attached hydrogen (secondary N) is 2. The minimum absolute atomic E-state index is 0.136. The van der Waals surface area contributed by atoms with Gasteiger partial charge < -0.3 is 10.3 Å². The number of aromatic nitrogens is 2. The summed E-state index contributed by atoms with van der Waals surface area (Å²) < 4.78 is 0. The molecule has 0 bridgehead atoms. The predicted octanol–water partition coefficient (Wildman–Crippen LogP) is 5.10. The molecule has 0 aliphatic heterocycles. The Balaban J connectivity index is 1.80. The molecule has 4 rings (SSSR count). The molecule has 0 spiro atoms. The molecular formula is C22H19N3O. The Morgan fingerprint density at radius 1 is 1.00 bits per heavy atom. The molecule has 2 aromatic heterocycles. The highest BCUT2D eigenvalue weighted by atomic mass is 16.1. The van der Waals surface area contributed by atoms with E-state index in [1.54, 1.807) is 0 Å². The van der Waals surface area contributed by atoms with Gasteiger partial charge in [0.05, 0.1) is 22.5 Å². The zero-order valence-corrected chi connectivity index (χ0v) is 14.7. The Morgan fingerprint density at radius 3 is 2.62 bits per heavy atom. The lowest BCUT2D eigenvalue weighted by molar-refractivity contribution is 0.102. The predicted molar refractivity (Wildman–Crippen MR) is 105 cm³/mol. The number of aromatic amines is 1. The van der Waals surface area contributed by atoms with E-state index in [1.165, 1.54) is 5.56 Å². The number of nitrogens with zero attached hydrogens (tertiary/aromatic N) is 1. The zero-order chi connectivity index (χ0) is 18.1. The van der Waals surface area contributed by atoms with Crippen molar-refractivity contribution in [2.24, 2.45) is 0 Å². The van der Waals surface area contributed by atoms with Gasteiger partial charge in [0.2, 0.25) is 0 Å². The average molecular weight is 341 g/mol. The van der Waals surface area contributed by atoms with Gasteiger partial charge in [0.15, 0.2) is 0 Å². The summed E-state index contributed by atoms with van der Waals surface area (Å²) in [5.41, 5.74) is 6.08. The molecule has 0 aliphatic carbocycles. The fourth-order valence-electron chi connectivity index (χ4n) is 3.13. The number of pyridine rings is 1. The molecule has 4 aromatic rings. The van der Waals surface area contributed by atoms with Gasteiger partial charge in [-0.15, -0.1) is 0 Å². The van der Waals surface area contributed by atoms with E-state index >= 15 is 0 Å². The van der Waals surface area contributed by atoms with Gasteiger partial charge in [0.25, 0.3) is 5.91 Å². The van der Waals surface area contributed by atoms with Gasteiger partial charge in [-0.2, -0.15) is 0 Å². The largest absolute Gasteiger partial charge is 0.360 e. The highest BCUT2D eigenvalue weighted by Crippen LogP contribution is 2.25. The van der Waals surface area contributed by atoms with Crippen molar-refractivity contribution in [3.05, 3.63) is 83.6 Å². The first-order valence-corrected chi connectivity index (χ1v) is 8.54. The summed E-state index contributed by atoms with van der Waals surface area (Å²) in [4.78, 5) is 20.9. The number of benzene rings is 2. The second-order valence-electron chi connectivity index (χ2n) is 6.43. The van der Waals surface area contributed by atoms with E-state index in [4.69, 9.17) is 0 Å². The molecule has 0 atom stereocenters. The highest BCUT2D eigenvalue weighted by molar-refractivity contribution is 6.13. The van der Waals surface area contributed by atoms with Crippen molar-refractivity contribution in [2.45, 2.75) is 13.8 Å². The van der Waals surface area contributed by atoms with Crippen LogP contribution in [0.3, 0.4) is 0 Å². The Morgan fingerprint density at radius 2 is 1.85 bits per heavy atom. The van der Waals surface area contributed by atoms with Crippen LogP contribution in [-0.2, 0) is 0 Å². The van der Waals surface area contributed by atoms with Crippen LogP contribution < -0.4 is 5.32 Å². The standard InChI is InChI=1S/C22H19N3O/c1-14-9-10-18(15(2)12-14)25-22(26)17-13-21(20-8-5-11-23-20)24-19-7-4-3-6-16(17)19/h3-13,23H,1-2H3,(H,25,26). The molecular weight excluding hydrogens is 322 g/mol. The van der Waals surface area contributed by atoms with Crippen LogP contribution in [0, 0.1) is 13.8 Å². The maximum atomic E-state index is 13.0. The monoisotopic (exact) mass is 341 g/mol. The Bertz CT molecular complexity index is 1100. The van der Waals surface area contributed by atoms with E-state index in [1.807, 2.05) is 74.6 Å². The molecule has 0 saturated carbocycles. The molecule has 2 aromatic carbocycles. The highest BCUT2D eigenvalue weighted by Gasteiger charge is 2.15. The molecule has 0 radical (unpaired) electrons. The summed E-state index contributed by atoms with van der Waals surface area (Å²) in [6.07, 6.45) is 1.85. The maximum absolute atomic E-state index is 13.0. The lowest BCUT2D eigenvalue weighted by atomic mass is 10.0. The van der Waals surface area contributed by atoms with Crippen LogP contribution in [0.2, 0.25) is 0 Å². The maximum Gasteiger partial charge on any atom is 0.256 e.